The van der Waals surface area contributed by atoms with E-state index >= 15 is 0 Å². The molecule has 0 aliphatic rings. The number of hydrogen-bond donors (Lipinski definition) is 1. The average Bonchev–Trinajstić information content (AvgIpc) is 2.29. The molecule has 0 amide bonds. The van der Waals surface area contributed by atoms with E-state index in [0.29, 0.717) is 0 Å². The molecule has 0 aliphatic carbocycles. The molecule has 1 rings (SSSR count). The number of nitro benzene ring substituents is 1. The Morgan fingerprint density at radius 3 is 2.65 bits per heavy atom. The molecule has 0 bridgehead atoms. The van der Waals surface area contributed by atoms with E-state index in [2.05, 4.69) is 10.6 Å². The molecule has 17 heavy (non-hydrogen) atoms. The van der Waals surface area contributed by atoms with E-state index in [9.17, 15) is 18.5 Å². The van der Waals surface area contributed by atoms with Gasteiger partial charge in [0.2, 0.25) is 10.0 Å². The third-order valence-electron chi connectivity index (χ3n) is 1.91. The summed E-state index contributed by atoms with van der Waals surface area (Å²) in [5.74, 6) is 2.27. The summed E-state index contributed by atoms with van der Waals surface area (Å²) in [6.07, 6.45) is 5.20. The zero-order valence-corrected chi connectivity index (χ0v) is 9.61. The van der Waals surface area contributed by atoms with Crippen LogP contribution in [0.25, 0.3) is 0 Å². The van der Waals surface area contributed by atoms with Crippen molar-refractivity contribution in [1.29, 1.82) is 0 Å². The highest BCUT2D eigenvalue weighted by atomic mass is 32.2. The monoisotopic (exact) mass is 254 g/mol. The maximum Gasteiger partial charge on any atom is 0.289 e. The molecular weight excluding hydrogens is 244 g/mol. The summed E-state index contributed by atoms with van der Waals surface area (Å²) >= 11 is 0. The number of rotatable bonds is 5. The number of nitrogens with one attached hydrogen (secondary N) is 1. The van der Waals surface area contributed by atoms with Gasteiger partial charge >= 0.3 is 0 Å². The lowest BCUT2D eigenvalue weighted by Crippen LogP contribution is -2.25. The number of benzene rings is 1. The number of sulfonamides is 1. The number of nitrogens with zero attached hydrogens (tertiary/aromatic N) is 1. The van der Waals surface area contributed by atoms with Crippen LogP contribution in [0.5, 0.6) is 0 Å². The van der Waals surface area contributed by atoms with Crippen molar-refractivity contribution in [3.63, 3.8) is 0 Å². The van der Waals surface area contributed by atoms with Gasteiger partial charge in [0.05, 0.1) is 4.92 Å². The van der Waals surface area contributed by atoms with Gasteiger partial charge in [-0.05, 0) is 6.07 Å². The van der Waals surface area contributed by atoms with E-state index in [0.717, 1.165) is 6.07 Å². The van der Waals surface area contributed by atoms with Crippen molar-refractivity contribution >= 4 is 15.7 Å². The van der Waals surface area contributed by atoms with E-state index in [1.807, 2.05) is 0 Å². The summed E-state index contributed by atoms with van der Waals surface area (Å²) in [4.78, 5) is 9.58. The molecule has 0 saturated carbocycles. The topological polar surface area (TPSA) is 89.3 Å². The van der Waals surface area contributed by atoms with Crippen molar-refractivity contribution in [3.8, 4) is 12.3 Å². The van der Waals surface area contributed by atoms with Gasteiger partial charge in [0.25, 0.3) is 5.69 Å². The Bertz CT molecular complexity index is 560. The minimum atomic E-state index is -3.90. The number of para-hydroxylation sites is 1. The fourth-order valence-corrected chi connectivity index (χ4v) is 2.37. The standard InChI is InChI=1S/C10H10N2O4S/c1-2-3-8-11-17(15,16)10-7-5-4-6-9(10)12(13)14/h1,4-7,11H,3,8H2. The highest BCUT2D eigenvalue weighted by molar-refractivity contribution is 7.89. The van der Waals surface area contributed by atoms with E-state index in [4.69, 9.17) is 6.42 Å². The fourth-order valence-electron chi connectivity index (χ4n) is 1.17. The van der Waals surface area contributed by atoms with Crippen LogP contribution in [0, 0.1) is 22.5 Å². The first-order valence-electron chi connectivity index (χ1n) is 4.65. The molecule has 1 aromatic carbocycles. The van der Waals surface area contributed by atoms with Crippen LogP contribution >= 0.6 is 0 Å². The third kappa shape index (κ3) is 3.27. The Hall–Kier alpha value is -1.91. The summed E-state index contributed by atoms with van der Waals surface area (Å²) in [5, 5.41) is 10.7. The molecule has 90 valence electrons. The molecule has 0 atom stereocenters. The molecule has 0 unspecified atom stereocenters. The Kier molecular flexibility index (Phi) is 4.20. The second-order valence-corrected chi connectivity index (χ2v) is 4.81. The van der Waals surface area contributed by atoms with Gasteiger partial charge < -0.3 is 0 Å². The van der Waals surface area contributed by atoms with Crippen LogP contribution < -0.4 is 4.72 Å². The zero-order chi connectivity index (χ0) is 12.9. The van der Waals surface area contributed by atoms with Crippen molar-refractivity contribution in [2.45, 2.75) is 11.3 Å². The van der Waals surface area contributed by atoms with Crippen molar-refractivity contribution < 1.29 is 13.3 Å². The van der Waals surface area contributed by atoms with E-state index in [1.54, 1.807) is 0 Å². The molecule has 0 aromatic heterocycles. The first-order chi connectivity index (χ1) is 7.99. The summed E-state index contributed by atoms with van der Waals surface area (Å²) < 4.78 is 25.7. The highest BCUT2D eigenvalue weighted by Gasteiger charge is 2.24. The van der Waals surface area contributed by atoms with Crippen LogP contribution in [-0.2, 0) is 10.0 Å². The van der Waals surface area contributed by atoms with E-state index in [-0.39, 0.29) is 17.9 Å². The average molecular weight is 254 g/mol. The summed E-state index contributed by atoms with van der Waals surface area (Å²) in [5.41, 5.74) is -0.458. The van der Waals surface area contributed by atoms with Gasteiger partial charge in [-0.2, -0.15) is 0 Å². The predicted octanol–water partition coefficient (Wildman–Crippen LogP) is 0.896. The van der Waals surface area contributed by atoms with Crippen molar-refractivity contribution in [2.24, 2.45) is 0 Å². The first kappa shape index (κ1) is 13.2. The summed E-state index contributed by atoms with van der Waals surface area (Å²) in [6, 6.07) is 5.13. The number of terminal acetylenes is 1. The van der Waals surface area contributed by atoms with Gasteiger partial charge in [-0.25, -0.2) is 13.1 Å². The normalized spacial score (nSPS) is 10.8. The van der Waals surface area contributed by atoms with Crippen molar-refractivity contribution in [3.05, 3.63) is 34.4 Å². The van der Waals surface area contributed by atoms with Gasteiger partial charge in [-0.3, -0.25) is 10.1 Å². The van der Waals surface area contributed by atoms with Gasteiger partial charge in [0, 0.05) is 19.0 Å². The Labute approximate surface area is 98.9 Å². The molecule has 0 fully saturated rings. The first-order valence-corrected chi connectivity index (χ1v) is 6.14. The number of nitro groups is 1. The highest BCUT2D eigenvalue weighted by Crippen LogP contribution is 2.22. The maximum atomic E-state index is 11.7. The van der Waals surface area contributed by atoms with Gasteiger partial charge in [-0.1, -0.05) is 12.1 Å². The lowest BCUT2D eigenvalue weighted by molar-refractivity contribution is -0.387. The lowest BCUT2D eigenvalue weighted by atomic mass is 10.3. The second-order valence-electron chi connectivity index (χ2n) is 3.08. The van der Waals surface area contributed by atoms with E-state index in [1.165, 1.54) is 18.2 Å². The summed E-state index contributed by atoms with van der Waals surface area (Å²) in [7, 11) is -3.90. The minimum absolute atomic E-state index is 0.0465. The third-order valence-corrected chi connectivity index (χ3v) is 3.42. The SMILES string of the molecule is C#CCCNS(=O)(=O)c1ccccc1[N+](=O)[O-]. The molecule has 0 heterocycles. The van der Waals surface area contributed by atoms with Gasteiger partial charge in [0.15, 0.2) is 4.90 Å². The molecule has 0 saturated heterocycles. The smallest absolute Gasteiger partial charge is 0.258 e. The molecular formula is C10H10N2O4S. The predicted molar refractivity (Wildman–Crippen MR) is 61.7 cm³/mol. The van der Waals surface area contributed by atoms with Crippen LogP contribution in [0.2, 0.25) is 0 Å². The van der Waals surface area contributed by atoms with Gasteiger partial charge in [-0.15, -0.1) is 12.3 Å². The zero-order valence-electron chi connectivity index (χ0n) is 8.79. The largest absolute Gasteiger partial charge is 0.289 e. The lowest BCUT2D eigenvalue weighted by Gasteiger charge is -2.05. The molecule has 1 N–H and O–H groups in total. The molecule has 1 aromatic rings. The Morgan fingerprint density at radius 2 is 2.06 bits per heavy atom. The molecule has 0 aliphatic heterocycles. The fraction of sp³-hybridized carbons (Fsp3) is 0.200. The maximum absolute atomic E-state index is 11.7. The Balaban J connectivity index is 3.07. The van der Waals surface area contributed by atoms with Crippen molar-refractivity contribution in [2.75, 3.05) is 6.54 Å². The Morgan fingerprint density at radius 1 is 1.41 bits per heavy atom. The summed E-state index contributed by atoms with van der Waals surface area (Å²) in [6.45, 7) is 0.0465. The van der Waals surface area contributed by atoms with Crippen LogP contribution in [0.4, 0.5) is 5.69 Å². The van der Waals surface area contributed by atoms with Crippen LogP contribution in [-0.4, -0.2) is 19.9 Å². The molecule has 0 radical (unpaired) electrons. The van der Waals surface area contributed by atoms with Crippen LogP contribution in [0.3, 0.4) is 0 Å². The van der Waals surface area contributed by atoms with E-state index < -0.39 is 20.6 Å². The molecule has 7 heteroatoms. The number of hydrogen-bond acceptors (Lipinski definition) is 4. The van der Waals surface area contributed by atoms with Gasteiger partial charge in [0.1, 0.15) is 0 Å². The molecule has 0 spiro atoms. The quantitative estimate of drug-likeness (QED) is 0.366. The van der Waals surface area contributed by atoms with Crippen LogP contribution in [0.1, 0.15) is 6.42 Å². The molecule has 6 nitrogen and oxygen atoms in total. The van der Waals surface area contributed by atoms with Crippen LogP contribution in [0.15, 0.2) is 29.2 Å². The minimum Gasteiger partial charge on any atom is -0.258 e. The van der Waals surface area contributed by atoms with Crippen molar-refractivity contribution in [1.82, 2.24) is 4.72 Å². The second kappa shape index (κ2) is 5.43.